The van der Waals surface area contributed by atoms with Gasteiger partial charge in [-0.25, -0.2) is 14.4 Å². The first-order chi connectivity index (χ1) is 16.6. The molecule has 0 saturated heterocycles. The molecule has 0 aliphatic carbocycles. The Labute approximate surface area is 194 Å². The monoisotopic (exact) mass is 460 g/mol. The van der Waals surface area contributed by atoms with Crippen molar-refractivity contribution in [2.24, 2.45) is 7.05 Å². The summed E-state index contributed by atoms with van der Waals surface area (Å²) in [6, 6.07) is 8.45. The summed E-state index contributed by atoms with van der Waals surface area (Å²) in [4.78, 5) is 15.5. The van der Waals surface area contributed by atoms with Crippen molar-refractivity contribution in [1.82, 2.24) is 34.9 Å². The van der Waals surface area contributed by atoms with Gasteiger partial charge in [-0.2, -0.15) is 10.2 Å². The molecule has 0 atom stereocenters. The summed E-state index contributed by atoms with van der Waals surface area (Å²) in [6.07, 6.45) is 6.94. The summed E-state index contributed by atoms with van der Waals surface area (Å²) in [7, 11) is 4.75. The van der Waals surface area contributed by atoms with E-state index in [0.29, 0.717) is 34.1 Å². The summed E-state index contributed by atoms with van der Waals surface area (Å²) < 4.78 is 27.7. The number of H-pyrrole nitrogens is 1. The SMILES string of the molecule is COc1cc(OC)c(F)c(N(Cc2cc[nH]n2)c2ccc3ncc(-c4cnn(C)c4)nc3n2)c1. The van der Waals surface area contributed by atoms with Crippen molar-refractivity contribution >= 4 is 22.7 Å². The van der Waals surface area contributed by atoms with Crippen molar-refractivity contribution < 1.29 is 13.9 Å². The van der Waals surface area contributed by atoms with E-state index in [9.17, 15) is 0 Å². The van der Waals surface area contributed by atoms with Gasteiger partial charge >= 0.3 is 0 Å². The highest BCUT2D eigenvalue weighted by atomic mass is 19.1. The summed E-state index contributed by atoms with van der Waals surface area (Å²) in [6.45, 7) is 0.241. The van der Waals surface area contributed by atoms with Crippen LogP contribution in [-0.4, -0.2) is 49.1 Å². The molecule has 0 amide bonds. The van der Waals surface area contributed by atoms with E-state index in [4.69, 9.17) is 14.5 Å². The Morgan fingerprint density at radius 1 is 1.09 bits per heavy atom. The molecule has 0 unspecified atom stereocenters. The van der Waals surface area contributed by atoms with Gasteiger partial charge in [0, 0.05) is 37.1 Å². The van der Waals surface area contributed by atoms with Gasteiger partial charge in [-0.3, -0.25) is 14.8 Å². The number of benzene rings is 1. The number of hydrogen-bond acceptors (Lipinski definition) is 8. The van der Waals surface area contributed by atoms with Gasteiger partial charge in [-0.05, 0) is 18.2 Å². The van der Waals surface area contributed by atoms with E-state index in [-0.39, 0.29) is 18.0 Å². The van der Waals surface area contributed by atoms with Crippen LogP contribution in [0, 0.1) is 5.82 Å². The molecule has 0 saturated carbocycles. The first-order valence-corrected chi connectivity index (χ1v) is 10.4. The number of nitrogens with one attached hydrogen (secondary N) is 1. The molecule has 5 aromatic rings. The minimum Gasteiger partial charge on any atom is -0.497 e. The molecule has 0 aliphatic heterocycles. The zero-order chi connectivity index (χ0) is 23.7. The van der Waals surface area contributed by atoms with Crippen LogP contribution in [0.4, 0.5) is 15.9 Å². The van der Waals surface area contributed by atoms with Gasteiger partial charge < -0.3 is 14.4 Å². The first-order valence-electron chi connectivity index (χ1n) is 10.4. The average Bonchev–Trinajstić information content (AvgIpc) is 3.54. The number of aromatic amines is 1. The lowest BCUT2D eigenvalue weighted by Gasteiger charge is -2.25. The van der Waals surface area contributed by atoms with Crippen LogP contribution in [0.25, 0.3) is 22.4 Å². The second-order valence-electron chi connectivity index (χ2n) is 7.48. The number of halogens is 1. The number of aryl methyl sites for hydroxylation is 1. The molecule has 34 heavy (non-hydrogen) atoms. The number of ether oxygens (including phenoxy) is 2. The smallest absolute Gasteiger partial charge is 0.188 e. The van der Waals surface area contributed by atoms with Crippen molar-refractivity contribution in [2.75, 3.05) is 19.1 Å². The molecule has 0 radical (unpaired) electrons. The van der Waals surface area contributed by atoms with Crippen molar-refractivity contribution in [3.63, 3.8) is 0 Å². The predicted octanol–water partition coefficient (Wildman–Crippen LogP) is 3.64. The fraction of sp³-hybridized carbons (Fsp3) is 0.174. The Bertz CT molecular complexity index is 1450. The van der Waals surface area contributed by atoms with Crippen molar-refractivity contribution in [2.45, 2.75) is 6.54 Å². The van der Waals surface area contributed by atoms with Crippen LogP contribution in [0.5, 0.6) is 11.5 Å². The molecule has 5 rings (SSSR count). The third-order valence-electron chi connectivity index (χ3n) is 5.29. The summed E-state index contributed by atoms with van der Waals surface area (Å²) in [5.41, 5.74) is 3.40. The molecular formula is C23H21FN8O2. The van der Waals surface area contributed by atoms with E-state index in [1.165, 1.54) is 20.3 Å². The maximum absolute atomic E-state index is 15.4. The van der Waals surface area contributed by atoms with E-state index >= 15 is 4.39 Å². The Hall–Kier alpha value is -4.54. The third kappa shape index (κ3) is 3.98. The number of pyridine rings is 1. The lowest BCUT2D eigenvalue weighted by molar-refractivity contribution is 0.374. The minimum atomic E-state index is -0.545. The molecule has 1 aromatic carbocycles. The van der Waals surface area contributed by atoms with Crippen LogP contribution < -0.4 is 14.4 Å². The van der Waals surface area contributed by atoms with Gasteiger partial charge in [0.2, 0.25) is 0 Å². The molecule has 0 aliphatic rings. The van der Waals surface area contributed by atoms with Gasteiger partial charge in [-0.1, -0.05) is 0 Å². The second-order valence-corrected chi connectivity index (χ2v) is 7.48. The number of aromatic nitrogens is 7. The minimum absolute atomic E-state index is 0.0563. The highest BCUT2D eigenvalue weighted by molar-refractivity contribution is 5.77. The number of hydrogen-bond donors (Lipinski definition) is 1. The maximum Gasteiger partial charge on any atom is 0.188 e. The number of rotatable bonds is 7. The average molecular weight is 460 g/mol. The van der Waals surface area contributed by atoms with Crippen LogP contribution in [-0.2, 0) is 13.6 Å². The molecular weight excluding hydrogens is 439 g/mol. The molecule has 0 bridgehead atoms. The van der Waals surface area contributed by atoms with Gasteiger partial charge in [-0.15, -0.1) is 0 Å². The predicted molar refractivity (Wildman–Crippen MR) is 123 cm³/mol. The van der Waals surface area contributed by atoms with Gasteiger partial charge in [0.15, 0.2) is 17.2 Å². The van der Waals surface area contributed by atoms with E-state index in [1.54, 1.807) is 46.4 Å². The number of fused-ring (bicyclic) bond motifs is 1. The normalized spacial score (nSPS) is 11.1. The number of nitrogens with zero attached hydrogens (tertiary/aromatic N) is 7. The maximum atomic E-state index is 15.4. The summed E-state index contributed by atoms with van der Waals surface area (Å²) in [5.74, 6) is 0.416. The second kappa shape index (κ2) is 8.77. The lowest BCUT2D eigenvalue weighted by atomic mass is 10.2. The van der Waals surface area contributed by atoms with Crippen LogP contribution in [0.15, 0.2) is 55.1 Å². The number of methoxy groups -OCH3 is 2. The van der Waals surface area contributed by atoms with E-state index in [0.717, 1.165) is 5.56 Å². The van der Waals surface area contributed by atoms with E-state index < -0.39 is 5.82 Å². The van der Waals surface area contributed by atoms with Crippen molar-refractivity contribution in [3.05, 3.63) is 66.6 Å². The van der Waals surface area contributed by atoms with E-state index in [2.05, 4.69) is 25.3 Å². The third-order valence-corrected chi connectivity index (χ3v) is 5.29. The summed E-state index contributed by atoms with van der Waals surface area (Å²) >= 11 is 0. The standard InChI is InChI=1S/C23H21FN8O2/c1-31-12-14(10-27-31)18-11-25-17-4-5-21(29-23(17)28-18)32(13-15-6-7-26-30-15)19-8-16(33-2)9-20(34-3)22(19)24/h4-12H,13H2,1-3H3,(H,26,30). The van der Waals surface area contributed by atoms with Crippen molar-refractivity contribution in [3.8, 4) is 22.8 Å². The van der Waals surface area contributed by atoms with Gasteiger partial charge in [0.25, 0.3) is 0 Å². The molecule has 172 valence electrons. The highest BCUT2D eigenvalue weighted by Crippen LogP contribution is 2.37. The Kier molecular flexibility index (Phi) is 5.50. The molecule has 1 N–H and O–H groups in total. The lowest BCUT2D eigenvalue weighted by Crippen LogP contribution is -2.20. The highest BCUT2D eigenvalue weighted by Gasteiger charge is 2.22. The molecule has 0 spiro atoms. The van der Waals surface area contributed by atoms with Crippen LogP contribution in [0.3, 0.4) is 0 Å². The molecule has 4 heterocycles. The molecule has 11 heteroatoms. The first kappa shape index (κ1) is 21.3. The Morgan fingerprint density at radius 3 is 2.68 bits per heavy atom. The number of anilines is 2. The Balaban J connectivity index is 1.65. The van der Waals surface area contributed by atoms with E-state index in [1.807, 2.05) is 19.3 Å². The van der Waals surface area contributed by atoms with Crippen LogP contribution in [0.1, 0.15) is 5.69 Å². The van der Waals surface area contributed by atoms with Crippen LogP contribution >= 0.6 is 0 Å². The Morgan fingerprint density at radius 2 is 1.97 bits per heavy atom. The molecule has 10 nitrogen and oxygen atoms in total. The molecule has 4 aromatic heterocycles. The van der Waals surface area contributed by atoms with Crippen molar-refractivity contribution in [1.29, 1.82) is 0 Å². The zero-order valence-electron chi connectivity index (χ0n) is 18.7. The quantitative estimate of drug-likeness (QED) is 0.392. The van der Waals surface area contributed by atoms with Gasteiger partial charge in [0.1, 0.15) is 17.1 Å². The van der Waals surface area contributed by atoms with Crippen LogP contribution in [0.2, 0.25) is 0 Å². The zero-order valence-corrected chi connectivity index (χ0v) is 18.7. The van der Waals surface area contributed by atoms with Gasteiger partial charge in [0.05, 0.1) is 50.2 Å². The summed E-state index contributed by atoms with van der Waals surface area (Å²) in [5, 5.41) is 11.2. The largest absolute Gasteiger partial charge is 0.497 e. The molecule has 0 fully saturated rings. The fourth-order valence-corrected chi connectivity index (χ4v) is 3.58. The topological polar surface area (TPSA) is 107 Å². The fourth-order valence-electron chi connectivity index (χ4n) is 3.58.